The molecule has 2 N–H and O–H groups in total. The number of nitrogens with one attached hydrogen (secondary N) is 2. The fourth-order valence-electron chi connectivity index (χ4n) is 4.68. The molecular formula is C31H35BClN5O3. The Morgan fingerprint density at radius 3 is 2.56 bits per heavy atom. The maximum absolute atomic E-state index is 13.5. The number of fused-ring (bicyclic) bond motifs is 1. The van der Waals surface area contributed by atoms with Crippen LogP contribution in [-0.4, -0.2) is 59.0 Å². The summed E-state index contributed by atoms with van der Waals surface area (Å²) in [4.78, 5) is 37.9. The average Bonchev–Trinajstić information content (AvgIpc) is 3.44. The molecule has 41 heavy (non-hydrogen) atoms. The lowest BCUT2D eigenvalue weighted by atomic mass is 9.99. The minimum absolute atomic E-state index is 0.144. The van der Waals surface area contributed by atoms with Gasteiger partial charge in [0.05, 0.1) is 23.8 Å². The van der Waals surface area contributed by atoms with E-state index >= 15 is 0 Å². The number of anilines is 1. The molecule has 1 aliphatic rings. The molecule has 0 saturated carbocycles. The normalized spacial score (nSPS) is 13.4. The fourth-order valence-corrected chi connectivity index (χ4v) is 4.93. The van der Waals surface area contributed by atoms with Gasteiger partial charge in [0.2, 0.25) is 6.41 Å². The number of carbonyl (C=O) groups excluding carboxylic acids is 2. The summed E-state index contributed by atoms with van der Waals surface area (Å²) in [7, 11) is 5.27. The number of para-hydroxylation sites is 1. The Labute approximate surface area is 247 Å². The predicted octanol–water partition coefficient (Wildman–Crippen LogP) is 6.82. The lowest BCUT2D eigenvalue weighted by Gasteiger charge is -2.30. The molecule has 1 aliphatic heterocycles. The van der Waals surface area contributed by atoms with Gasteiger partial charge in [-0.2, -0.15) is 0 Å². The number of ether oxygens (including phenoxy) is 1. The van der Waals surface area contributed by atoms with Gasteiger partial charge >= 0.3 is 0 Å². The Morgan fingerprint density at radius 1 is 1.10 bits per heavy atom. The largest absolute Gasteiger partial charge is 0.457 e. The van der Waals surface area contributed by atoms with Crippen LogP contribution in [0.3, 0.4) is 0 Å². The van der Waals surface area contributed by atoms with E-state index in [0.717, 1.165) is 25.6 Å². The van der Waals surface area contributed by atoms with Gasteiger partial charge in [0.1, 0.15) is 29.3 Å². The van der Waals surface area contributed by atoms with Crippen LogP contribution in [-0.2, 0) is 4.79 Å². The standard InChI is InChI=1S/C25H22ClN5O3.C6H13B/c26-21-12-18(34-17-4-2-1-3-5-17)6-7-19(21)23(33)20-13-27-24-22(20)25(29-14-28-24)30-16-8-10-31(15-32)11-9-16;1-2-3-4-5-6-7/h1-7,12-16H,8-11H2,(H2,27,28,29,30);2-6H2,1H3. The summed E-state index contributed by atoms with van der Waals surface area (Å²) < 4.78 is 5.82. The maximum atomic E-state index is 13.5. The highest BCUT2D eigenvalue weighted by atomic mass is 35.5. The van der Waals surface area contributed by atoms with Crippen molar-refractivity contribution >= 4 is 48.5 Å². The summed E-state index contributed by atoms with van der Waals surface area (Å²) in [6.07, 6.45) is 11.6. The molecule has 0 unspecified atom stereocenters. The molecule has 1 fully saturated rings. The first-order chi connectivity index (χ1) is 20.0. The van der Waals surface area contributed by atoms with E-state index in [9.17, 15) is 9.59 Å². The summed E-state index contributed by atoms with van der Waals surface area (Å²) in [5.41, 5.74) is 1.35. The van der Waals surface area contributed by atoms with Crippen molar-refractivity contribution in [2.45, 2.75) is 57.8 Å². The summed E-state index contributed by atoms with van der Waals surface area (Å²) in [6.45, 7) is 3.57. The SMILES string of the molecule is O=CN1CCC(Nc2ncnc3[nH]cc(C(=O)c4ccc(Oc5ccccc5)cc4Cl)c23)CC1.[B]CCCCCC. The fraction of sp³-hybridized carbons (Fsp3) is 0.355. The average molecular weight is 572 g/mol. The number of hydrogen-bond donors (Lipinski definition) is 2. The van der Waals surface area contributed by atoms with Gasteiger partial charge < -0.3 is 19.9 Å². The highest BCUT2D eigenvalue weighted by molar-refractivity contribution is 6.35. The minimum atomic E-state index is -0.240. The van der Waals surface area contributed by atoms with E-state index in [-0.39, 0.29) is 11.8 Å². The molecule has 0 aliphatic carbocycles. The first-order valence-corrected chi connectivity index (χ1v) is 14.5. The lowest BCUT2D eigenvalue weighted by molar-refractivity contribution is -0.118. The Hall–Kier alpha value is -3.85. The number of benzene rings is 2. The molecule has 1 saturated heterocycles. The second kappa shape index (κ2) is 15.2. The van der Waals surface area contributed by atoms with Gasteiger partial charge in [0, 0.05) is 37.0 Å². The Bertz CT molecular complexity index is 1420. The number of halogens is 1. The van der Waals surface area contributed by atoms with Crippen LogP contribution in [0.15, 0.2) is 61.1 Å². The summed E-state index contributed by atoms with van der Waals surface area (Å²) in [6, 6.07) is 14.5. The monoisotopic (exact) mass is 571 g/mol. The number of hydrogen-bond acceptors (Lipinski definition) is 6. The third-order valence-corrected chi connectivity index (χ3v) is 7.27. The summed E-state index contributed by atoms with van der Waals surface area (Å²) in [5, 5.41) is 4.34. The molecule has 0 atom stereocenters. The van der Waals surface area contributed by atoms with Gasteiger partial charge in [-0.3, -0.25) is 9.59 Å². The molecule has 212 valence electrons. The van der Waals surface area contributed by atoms with Crippen molar-refractivity contribution in [2.24, 2.45) is 0 Å². The van der Waals surface area contributed by atoms with Crippen LogP contribution in [0.5, 0.6) is 11.5 Å². The predicted molar refractivity (Wildman–Crippen MR) is 164 cm³/mol. The number of amides is 1. The van der Waals surface area contributed by atoms with E-state index < -0.39 is 0 Å². The molecule has 2 aromatic carbocycles. The third-order valence-electron chi connectivity index (χ3n) is 6.96. The van der Waals surface area contributed by atoms with E-state index in [0.29, 0.717) is 57.6 Å². The zero-order valence-corrected chi connectivity index (χ0v) is 24.1. The number of aromatic nitrogens is 3. The molecule has 4 aromatic rings. The highest BCUT2D eigenvalue weighted by Crippen LogP contribution is 2.31. The van der Waals surface area contributed by atoms with Crippen molar-refractivity contribution in [3.05, 3.63) is 77.2 Å². The summed E-state index contributed by atoms with van der Waals surface area (Å²) in [5.74, 6) is 1.57. The number of rotatable bonds is 11. The van der Waals surface area contributed by atoms with Gasteiger partial charge in [0.15, 0.2) is 5.78 Å². The van der Waals surface area contributed by atoms with Crippen molar-refractivity contribution in [2.75, 3.05) is 18.4 Å². The van der Waals surface area contributed by atoms with Crippen LogP contribution < -0.4 is 10.1 Å². The second-order valence-electron chi connectivity index (χ2n) is 9.94. The van der Waals surface area contributed by atoms with Gasteiger partial charge in [-0.15, -0.1) is 0 Å². The number of piperidine rings is 1. The van der Waals surface area contributed by atoms with Crippen molar-refractivity contribution in [3.63, 3.8) is 0 Å². The Balaban J connectivity index is 0.000000493. The van der Waals surface area contributed by atoms with E-state index in [1.165, 1.54) is 32.0 Å². The maximum Gasteiger partial charge on any atom is 0.209 e. The molecule has 5 rings (SSSR count). The molecule has 8 nitrogen and oxygen atoms in total. The number of unbranched alkanes of at least 4 members (excludes halogenated alkanes) is 3. The number of likely N-dealkylation sites (tertiary alicyclic amines) is 1. The third kappa shape index (κ3) is 8.10. The smallest absolute Gasteiger partial charge is 0.209 e. The first kappa shape index (κ1) is 30.1. The van der Waals surface area contributed by atoms with E-state index in [4.69, 9.17) is 24.2 Å². The van der Waals surface area contributed by atoms with Gasteiger partial charge in [0.25, 0.3) is 0 Å². The number of nitrogens with zero attached hydrogens (tertiary/aromatic N) is 3. The van der Waals surface area contributed by atoms with Crippen LogP contribution in [0.1, 0.15) is 61.4 Å². The zero-order chi connectivity index (χ0) is 29.0. The number of aromatic amines is 1. The van der Waals surface area contributed by atoms with E-state index in [1.54, 1.807) is 29.3 Å². The molecule has 2 aromatic heterocycles. The van der Waals surface area contributed by atoms with Gasteiger partial charge in [-0.05, 0) is 37.1 Å². The Kier molecular flexibility index (Phi) is 11.2. The Morgan fingerprint density at radius 2 is 1.88 bits per heavy atom. The molecule has 0 bridgehead atoms. The van der Waals surface area contributed by atoms with Crippen molar-refractivity contribution < 1.29 is 14.3 Å². The van der Waals surface area contributed by atoms with Gasteiger partial charge in [-0.1, -0.05) is 68.7 Å². The second-order valence-corrected chi connectivity index (χ2v) is 10.4. The van der Waals surface area contributed by atoms with Crippen LogP contribution in [0.2, 0.25) is 11.3 Å². The van der Waals surface area contributed by atoms with Crippen molar-refractivity contribution in [3.8, 4) is 11.5 Å². The highest BCUT2D eigenvalue weighted by Gasteiger charge is 2.23. The van der Waals surface area contributed by atoms with Crippen molar-refractivity contribution in [1.29, 1.82) is 0 Å². The molecule has 1 amide bonds. The molecule has 0 spiro atoms. The van der Waals surface area contributed by atoms with E-state index in [1.807, 2.05) is 30.3 Å². The van der Waals surface area contributed by atoms with Crippen molar-refractivity contribution in [1.82, 2.24) is 19.9 Å². The minimum Gasteiger partial charge on any atom is -0.457 e. The number of H-pyrrole nitrogens is 1. The number of ketones is 1. The lowest BCUT2D eigenvalue weighted by Crippen LogP contribution is -2.38. The zero-order valence-electron chi connectivity index (χ0n) is 23.3. The van der Waals surface area contributed by atoms with Crippen LogP contribution in [0, 0.1) is 0 Å². The first-order valence-electron chi connectivity index (χ1n) is 14.1. The quantitative estimate of drug-likeness (QED) is 0.0887. The van der Waals surface area contributed by atoms with Crippen LogP contribution >= 0.6 is 11.6 Å². The summed E-state index contributed by atoms with van der Waals surface area (Å²) >= 11 is 6.49. The van der Waals surface area contributed by atoms with Gasteiger partial charge in [-0.25, -0.2) is 9.97 Å². The molecule has 3 heterocycles. The molecule has 10 heteroatoms. The van der Waals surface area contributed by atoms with E-state index in [2.05, 4.69) is 27.2 Å². The molecular weight excluding hydrogens is 537 g/mol. The van der Waals surface area contributed by atoms with Crippen LogP contribution in [0.4, 0.5) is 5.82 Å². The molecule has 2 radical (unpaired) electrons. The van der Waals surface area contributed by atoms with Crippen LogP contribution in [0.25, 0.3) is 11.0 Å². The number of carbonyl (C=O) groups is 2. The topological polar surface area (TPSA) is 100 Å².